The lowest BCUT2D eigenvalue weighted by molar-refractivity contribution is 0.303. The van der Waals surface area contributed by atoms with Crippen molar-refractivity contribution in [2.75, 3.05) is 42.6 Å². The summed E-state index contributed by atoms with van der Waals surface area (Å²) in [6.07, 6.45) is 5.71. The average Bonchev–Trinajstić information content (AvgIpc) is 3.54. The maximum atomic E-state index is 12.2. The van der Waals surface area contributed by atoms with Crippen molar-refractivity contribution in [3.8, 4) is 11.5 Å². The number of aromatic nitrogens is 3. The highest BCUT2D eigenvalue weighted by molar-refractivity contribution is 7.92. The molecule has 1 saturated carbocycles. The average molecular weight is 497 g/mol. The molecule has 10 heteroatoms. The van der Waals surface area contributed by atoms with Gasteiger partial charge in [0.05, 0.1) is 12.3 Å². The molecule has 1 aromatic carbocycles. The molecule has 9 nitrogen and oxygen atoms in total. The number of benzene rings is 1. The maximum absolute atomic E-state index is 12.2. The van der Waals surface area contributed by atoms with Crippen LogP contribution in [-0.2, 0) is 10.0 Å². The molecule has 1 aliphatic carbocycles. The van der Waals surface area contributed by atoms with E-state index in [1.165, 1.54) is 29.8 Å². The van der Waals surface area contributed by atoms with E-state index in [1.807, 2.05) is 19.2 Å². The minimum Gasteiger partial charge on any atom is -0.419 e. The van der Waals surface area contributed by atoms with Crippen molar-refractivity contribution in [1.29, 1.82) is 0 Å². The number of hydrogen-bond acceptors (Lipinski definition) is 8. The molecule has 2 aromatic heterocycles. The first-order valence-electron chi connectivity index (χ1n) is 12.1. The third-order valence-corrected chi connectivity index (χ3v) is 8.06. The Balaban J connectivity index is 1.49. The smallest absolute Gasteiger partial charge is 0.248 e. The molecule has 186 valence electrons. The zero-order chi connectivity index (χ0) is 24.6. The number of rotatable bonds is 8. The van der Waals surface area contributed by atoms with E-state index in [4.69, 9.17) is 4.42 Å². The van der Waals surface area contributed by atoms with Gasteiger partial charge in [-0.25, -0.2) is 13.4 Å². The summed E-state index contributed by atoms with van der Waals surface area (Å²) < 4.78 is 31.9. The van der Waals surface area contributed by atoms with E-state index in [9.17, 15) is 8.42 Å². The van der Waals surface area contributed by atoms with Crippen LogP contribution in [0.2, 0.25) is 0 Å². The van der Waals surface area contributed by atoms with Crippen LogP contribution in [0.25, 0.3) is 11.5 Å². The predicted octanol–water partition coefficient (Wildman–Crippen LogP) is 3.58. The second-order valence-corrected chi connectivity index (χ2v) is 11.7. The van der Waals surface area contributed by atoms with E-state index in [1.54, 1.807) is 6.07 Å². The fourth-order valence-electron chi connectivity index (χ4n) is 4.62. The summed E-state index contributed by atoms with van der Waals surface area (Å²) in [7, 11) is -0.00392. The van der Waals surface area contributed by atoms with E-state index >= 15 is 0 Å². The molecule has 5 rings (SSSR count). The van der Waals surface area contributed by atoms with Crippen LogP contribution in [0, 0.1) is 5.92 Å². The standard InChI is InChI=1S/C25H32N6O3S/c1-30(16-17-11-12-17)21-14-19(15-22(27-21)31(2)35(3,32)33)24-28-29-25(34-24)23-20(10-7-13-26-23)18-8-5-4-6-9-18/h4-6,8-9,14-15,17,20,23,26H,7,10-13,16H2,1-3H3. The number of nitrogens with one attached hydrogen (secondary N) is 1. The van der Waals surface area contributed by atoms with E-state index in [0.29, 0.717) is 34.9 Å². The quantitative estimate of drug-likeness (QED) is 0.505. The number of pyridine rings is 1. The molecule has 2 atom stereocenters. The molecular weight excluding hydrogens is 464 g/mol. The Hall–Kier alpha value is -2.98. The molecule has 3 aromatic rings. The van der Waals surface area contributed by atoms with Crippen LogP contribution in [-0.4, -0.2) is 57.0 Å². The van der Waals surface area contributed by atoms with E-state index in [0.717, 1.165) is 32.2 Å². The van der Waals surface area contributed by atoms with Gasteiger partial charge in [-0.2, -0.15) is 0 Å². The Labute approximate surface area is 206 Å². The minimum absolute atomic E-state index is 0.0792. The van der Waals surface area contributed by atoms with Crippen LogP contribution in [0.15, 0.2) is 46.9 Å². The first-order chi connectivity index (χ1) is 16.8. The highest BCUT2D eigenvalue weighted by Crippen LogP contribution is 2.38. The Bertz CT molecular complexity index is 1280. The van der Waals surface area contributed by atoms with Crippen molar-refractivity contribution >= 4 is 21.7 Å². The minimum atomic E-state index is -3.48. The van der Waals surface area contributed by atoms with Gasteiger partial charge in [-0.3, -0.25) is 4.31 Å². The Kier molecular flexibility index (Phi) is 6.50. The molecule has 1 saturated heterocycles. The molecule has 2 aliphatic rings. The summed E-state index contributed by atoms with van der Waals surface area (Å²) in [5, 5.41) is 12.3. The Morgan fingerprint density at radius 3 is 2.51 bits per heavy atom. The Morgan fingerprint density at radius 2 is 1.80 bits per heavy atom. The lowest BCUT2D eigenvalue weighted by Gasteiger charge is -2.30. The van der Waals surface area contributed by atoms with Crippen LogP contribution >= 0.6 is 0 Å². The summed E-state index contributed by atoms with van der Waals surface area (Å²) in [6.45, 7) is 1.76. The van der Waals surface area contributed by atoms with Crippen molar-refractivity contribution in [3.63, 3.8) is 0 Å². The molecule has 0 bridgehead atoms. The highest BCUT2D eigenvalue weighted by atomic mass is 32.2. The summed E-state index contributed by atoms with van der Waals surface area (Å²) in [6, 6.07) is 13.9. The first-order valence-corrected chi connectivity index (χ1v) is 13.9. The van der Waals surface area contributed by atoms with Crippen molar-refractivity contribution in [2.24, 2.45) is 5.92 Å². The fourth-order valence-corrected chi connectivity index (χ4v) is 5.05. The van der Waals surface area contributed by atoms with Crippen molar-refractivity contribution < 1.29 is 12.8 Å². The van der Waals surface area contributed by atoms with Crippen LogP contribution in [0.1, 0.15) is 49.1 Å². The summed E-state index contributed by atoms with van der Waals surface area (Å²) >= 11 is 0. The van der Waals surface area contributed by atoms with Gasteiger partial charge in [0.2, 0.25) is 21.8 Å². The van der Waals surface area contributed by atoms with E-state index in [2.05, 4.69) is 49.7 Å². The third kappa shape index (κ3) is 5.33. The summed E-state index contributed by atoms with van der Waals surface area (Å²) in [5.41, 5.74) is 1.89. The molecular formula is C25H32N6O3S. The number of anilines is 2. The van der Waals surface area contributed by atoms with Gasteiger partial charge >= 0.3 is 0 Å². The Morgan fingerprint density at radius 1 is 1.06 bits per heavy atom. The number of nitrogens with zero attached hydrogens (tertiary/aromatic N) is 5. The van der Waals surface area contributed by atoms with Gasteiger partial charge in [-0.05, 0) is 55.8 Å². The molecule has 3 heterocycles. The normalized spacial score (nSPS) is 20.5. The molecule has 1 N–H and O–H groups in total. The largest absolute Gasteiger partial charge is 0.419 e. The van der Waals surface area contributed by atoms with Crippen LogP contribution in [0.4, 0.5) is 11.6 Å². The number of piperidine rings is 1. The zero-order valence-corrected chi connectivity index (χ0v) is 21.2. The highest BCUT2D eigenvalue weighted by Gasteiger charge is 2.32. The van der Waals surface area contributed by atoms with Gasteiger partial charge in [-0.15, -0.1) is 10.2 Å². The molecule has 2 unspecified atom stereocenters. The first kappa shape index (κ1) is 23.7. The van der Waals surface area contributed by atoms with Gasteiger partial charge in [0.1, 0.15) is 11.6 Å². The topological polar surface area (TPSA) is 104 Å². The van der Waals surface area contributed by atoms with Gasteiger partial charge in [0.15, 0.2) is 0 Å². The van der Waals surface area contributed by atoms with Gasteiger partial charge in [0.25, 0.3) is 0 Å². The van der Waals surface area contributed by atoms with Crippen molar-refractivity contribution in [1.82, 2.24) is 20.5 Å². The molecule has 2 fully saturated rings. The predicted molar refractivity (Wildman–Crippen MR) is 136 cm³/mol. The number of sulfonamides is 1. The molecule has 35 heavy (non-hydrogen) atoms. The van der Waals surface area contributed by atoms with Gasteiger partial charge < -0.3 is 14.6 Å². The van der Waals surface area contributed by atoms with E-state index < -0.39 is 10.0 Å². The van der Waals surface area contributed by atoms with Crippen LogP contribution in [0.3, 0.4) is 0 Å². The van der Waals surface area contributed by atoms with Crippen LogP contribution in [0.5, 0.6) is 0 Å². The zero-order valence-electron chi connectivity index (χ0n) is 20.4. The molecule has 0 radical (unpaired) electrons. The van der Waals surface area contributed by atoms with Crippen molar-refractivity contribution in [3.05, 3.63) is 53.9 Å². The fraction of sp³-hybridized carbons (Fsp3) is 0.480. The van der Waals surface area contributed by atoms with E-state index in [-0.39, 0.29) is 12.0 Å². The van der Waals surface area contributed by atoms with Crippen molar-refractivity contribution in [2.45, 2.75) is 37.6 Å². The third-order valence-electron chi connectivity index (χ3n) is 6.88. The lowest BCUT2D eigenvalue weighted by atomic mass is 9.85. The molecule has 0 spiro atoms. The summed E-state index contributed by atoms with van der Waals surface area (Å²) in [5.74, 6) is 2.78. The molecule has 1 aliphatic heterocycles. The second kappa shape index (κ2) is 9.58. The number of hydrogen-bond donors (Lipinski definition) is 1. The van der Waals surface area contributed by atoms with Crippen LogP contribution < -0.4 is 14.5 Å². The SMILES string of the molecule is CN(CC1CC1)c1cc(-c2nnc(C3NCCCC3c3ccccc3)o2)cc(N(C)S(C)(=O)=O)n1. The lowest BCUT2D eigenvalue weighted by Crippen LogP contribution is -2.33. The van der Waals surface area contributed by atoms with Gasteiger partial charge in [-0.1, -0.05) is 30.3 Å². The maximum Gasteiger partial charge on any atom is 0.248 e. The monoisotopic (exact) mass is 496 g/mol. The van der Waals surface area contributed by atoms with Gasteiger partial charge in [0, 0.05) is 32.1 Å². The summed E-state index contributed by atoms with van der Waals surface area (Å²) in [4.78, 5) is 6.69. The second-order valence-electron chi connectivity index (χ2n) is 9.66. The molecule has 0 amide bonds.